The molecular weight excluding hydrogens is 399 g/mol. The number of hydrogen-bond donors (Lipinski definition) is 1. The molecule has 1 aliphatic heterocycles. The van der Waals surface area contributed by atoms with E-state index >= 15 is 0 Å². The highest BCUT2D eigenvalue weighted by Gasteiger charge is 2.35. The van der Waals surface area contributed by atoms with Crippen molar-refractivity contribution in [3.05, 3.63) is 48.3 Å². The van der Waals surface area contributed by atoms with Gasteiger partial charge in [-0.3, -0.25) is 4.79 Å². The molecule has 29 heavy (non-hydrogen) atoms. The van der Waals surface area contributed by atoms with Gasteiger partial charge in [-0.2, -0.15) is 4.31 Å². The Kier molecular flexibility index (Phi) is 6.39. The molecule has 1 atom stereocenters. The Hall–Kier alpha value is -2.65. The summed E-state index contributed by atoms with van der Waals surface area (Å²) in [4.78, 5) is 12.6. The molecule has 156 valence electrons. The van der Waals surface area contributed by atoms with E-state index in [2.05, 4.69) is 5.32 Å². The molecule has 1 amide bonds. The lowest BCUT2D eigenvalue weighted by atomic mass is 9.99. The highest BCUT2D eigenvalue weighted by molar-refractivity contribution is 7.89. The molecule has 7 nitrogen and oxygen atoms in total. The van der Waals surface area contributed by atoms with Gasteiger partial charge < -0.3 is 14.8 Å². The van der Waals surface area contributed by atoms with E-state index in [1.807, 2.05) is 0 Å². The van der Waals surface area contributed by atoms with Crippen molar-refractivity contribution in [2.24, 2.45) is 5.92 Å². The van der Waals surface area contributed by atoms with Crippen LogP contribution in [0, 0.1) is 11.7 Å². The minimum absolute atomic E-state index is 0.00876. The third-order valence-corrected chi connectivity index (χ3v) is 6.72. The quantitative estimate of drug-likeness (QED) is 0.774. The molecule has 1 heterocycles. The Morgan fingerprint density at radius 2 is 1.97 bits per heavy atom. The molecule has 1 saturated heterocycles. The zero-order valence-electron chi connectivity index (χ0n) is 16.2. The maximum Gasteiger partial charge on any atom is 0.246 e. The Labute approximate surface area is 169 Å². The van der Waals surface area contributed by atoms with E-state index < -0.39 is 21.8 Å². The second-order valence-electron chi connectivity index (χ2n) is 6.72. The number of rotatable bonds is 6. The zero-order valence-corrected chi connectivity index (χ0v) is 17.0. The molecule has 0 saturated carbocycles. The second kappa shape index (κ2) is 8.79. The molecule has 3 rings (SSSR count). The van der Waals surface area contributed by atoms with Gasteiger partial charge in [0, 0.05) is 24.8 Å². The molecule has 2 aromatic rings. The van der Waals surface area contributed by atoms with Crippen LogP contribution in [-0.4, -0.2) is 45.9 Å². The van der Waals surface area contributed by atoms with E-state index in [9.17, 15) is 17.6 Å². The van der Waals surface area contributed by atoms with Crippen LogP contribution < -0.4 is 14.8 Å². The van der Waals surface area contributed by atoms with Gasteiger partial charge in [-0.15, -0.1) is 0 Å². The molecule has 1 fully saturated rings. The van der Waals surface area contributed by atoms with E-state index in [0.29, 0.717) is 30.8 Å². The number of nitrogens with one attached hydrogen (secondary N) is 1. The van der Waals surface area contributed by atoms with Crippen molar-refractivity contribution >= 4 is 21.6 Å². The topological polar surface area (TPSA) is 84.9 Å². The molecule has 0 unspecified atom stereocenters. The predicted octanol–water partition coefficient (Wildman–Crippen LogP) is 2.88. The molecule has 9 heteroatoms. The van der Waals surface area contributed by atoms with Crippen LogP contribution in [0.2, 0.25) is 0 Å². The monoisotopic (exact) mass is 422 g/mol. The minimum Gasteiger partial charge on any atom is -0.497 e. The van der Waals surface area contributed by atoms with E-state index in [1.54, 1.807) is 12.1 Å². The average molecular weight is 422 g/mol. The van der Waals surface area contributed by atoms with Gasteiger partial charge in [0.25, 0.3) is 0 Å². The normalized spacial score (nSPS) is 17.6. The van der Waals surface area contributed by atoms with Crippen LogP contribution >= 0.6 is 0 Å². The average Bonchev–Trinajstić information content (AvgIpc) is 2.73. The first-order valence-electron chi connectivity index (χ1n) is 9.13. The van der Waals surface area contributed by atoms with Crippen molar-refractivity contribution in [3.8, 4) is 11.5 Å². The van der Waals surface area contributed by atoms with E-state index in [-0.39, 0.29) is 23.1 Å². The summed E-state index contributed by atoms with van der Waals surface area (Å²) in [6.45, 7) is 0.330. The lowest BCUT2D eigenvalue weighted by molar-refractivity contribution is -0.120. The lowest BCUT2D eigenvalue weighted by Gasteiger charge is -2.31. The minimum atomic E-state index is -3.90. The second-order valence-corrected chi connectivity index (χ2v) is 8.62. The smallest absolute Gasteiger partial charge is 0.246 e. The SMILES string of the molecule is COc1ccc(OC)c(S(=O)(=O)N2CCC[C@H](C(=O)Nc3cccc(F)c3)C2)c1. The number of carbonyl (C=O) groups excluding carboxylic acids is 1. The van der Waals surface area contributed by atoms with Gasteiger partial charge in [0.1, 0.15) is 22.2 Å². The summed E-state index contributed by atoms with van der Waals surface area (Å²) in [7, 11) is -1.05. The van der Waals surface area contributed by atoms with E-state index in [4.69, 9.17) is 9.47 Å². The molecule has 0 aliphatic carbocycles. The fourth-order valence-corrected chi connectivity index (χ4v) is 5.00. The van der Waals surface area contributed by atoms with Gasteiger partial charge in [0.15, 0.2) is 0 Å². The van der Waals surface area contributed by atoms with Crippen molar-refractivity contribution in [3.63, 3.8) is 0 Å². The number of nitrogens with zero attached hydrogens (tertiary/aromatic N) is 1. The number of sulfonamides is 1. The molecular formula is C20H23FN2O5S. The Morgan fingerprint density at radius 1 is 1.17 bits per heavy atom. The molecule has 1 N–H and O–H groups in total. The van der Waals surface area contributed by atoms with E-state index in [1.165, 1.54) is 48.9 Å². The first kappa shape index (κ1) is 21.1. The highest BCUT2D eigenvalue weighted by atomic mass is 32.2. The van der Waals surface area contributed by atoms with Crippen LogP contribution in [0.3, 0.4) is 0 Å². The van der Waals surface area contributed by atoms with Gasteiger partial charge >= 0.3 is 0 Å². The van der Waals surface area contributed by atoms with Gasteiger partial charge in [0.05, 0.1) is 20.1 Å². The first-order chi connectivity index (χ1) is 13.8. The highest BCUT2D eigenvalue weighted by Crippen LogP contribution is 2.32. The van der Waals surface area contributed by atoms with Crippen molar-refractivity contribution < 1.29 is 27.1 Å². The van der Waals surface area contributed by atoms with Crippen molar-refractivity contribution in [2.45, 2.75) is 17.7 Å². The van der Waals surface area contributed by atoms with Crippen LogP contribution in [0.1, 0.15) is 12.8 Å². The first-order valence-corrected chi connectivity index (χ1v) is 10.6. The fraction of sp³-hybridized carbons (Fsp3) is 0.350. The third-order valence-electron chi connectivity index (χ3n) is 4.84. The summed E-state index contributed by atoms with van der Waals surface area (Å²) in [6.07, 6.45) is 1.08. The summed E-state index contributed by atoms with van der Waals surface area (Å²) in [5.41, 5.74) is 0.337. The maximum absolute atomic E-state index is 13.3. The molecule has 0 radical (unpaired) electrons. The summed E-state index contributed by atoms with van der Waals surface area (Å²) >= 11 is 0. The van der Waals surface area contributed by atoms with Gasteiger partial charge in [-0.05, 0) is 43.2 Å². The summed E-state index contributed by atoms with van der Waals surface area (Å²) in [5.74, 6) is -0.744. The number of methoxy groups -OCH3 is 2. The summed E-state index contributed by atoms with van der Waals surface area (Å²) in [6, 6.07) is 10.1. The Balaban J connectivity index is 1.80. The van der Waals surface area contributed by atoms with Crippen molar-refractivity contribution in [2.75, 3.05) is 32.6 Å². The third kappa shape index (κ3) is 4.68. The van der Waals surface area contributed by atoms with Crippen LogP contribution in [0.15, 0.2) is 47.4 Å². The number of ether oxygens (including phenoxy) is 2. The molecule has 0 spiro atoms. The number of anilines is 1. The molecule has 2 aromatic carbocycles. The zero-order chi connectivity index (χ0) is 21.0. The van der Waals surface area contributed by atoms with Gasteiger partial charge in [0.2, 0.25) is 15.9 Å². The van der Waals surface area contributed by atoms with Crippen LogP contribution in [-0.2, 0) is 14.8 Å². The van der Waals surface area contributed by atoms with Crippen LogP contribution in [0.25, 0.3) is 0 Å². The number of piperidine rings is 1. The molecule has 0 bridgehead atoms. The fourth-order valence-electron chi connectivity index (χ4n) is 3.31. The van der Waals surface area contributed by atoms with E-state index in [0.717, 1.165) is 0 Å². The number of amides is 1. The maximum atomic E-state index is 13.3. The largest absolute Gasteiger partial charge is 0.497 e. The molecule has 1 aliphatic rings. The molecule has 0 aromatic heterocycles. The predicted molar refractivity (Wildman–Crippen MR) is 106 cm³/mol. The van der Waals surface area contributed by atoms with Crippen LogP contribution in [0.5, 0.6) is 11.5 Å². The number of benzene rings is 2. The van der Waals surface area contributed by atoms with Gasteiger partial charge in [-0.1, -0.05) is 6.07 Å². The van der Waals surface area contributed by atoms with Crippen molar-refractivity contribution in [1.29, 1.82) is 0 Å². The number of halogens is 1. The Bertz CT molecular complexity index is 996. The lowest BCUT2D eigenvalue weighted by Crippen LogP contribution is -2.43. The standard InChI is InChI=1S/C20H23FN2O5S/c1-27-17-8-9-18(28-2)19(12-17)29(25,26)23-10-4-5-14(13-23)20(24)22-16-7-3-6-15(21)11-16/h3,6-9,11-12,14H,4-5,10,13H2,1-2H3,(H,22,24)/t14-/m0/s1. The summed E-state index contributed by atoms with van der Waals surface area (Å²) < 4.78 is 51.4. The van der Waals surface area contributed by atoms with Gasteiger partial charge in [-0.25, -0.2) is 12.8 Å². The summed E-state index contributed by atoms with van der Waals surface area (Å²) in [5, 5.41) is 2.66. The number of hydrogen-bond acceptors (Lipinski definition) is 5. The number of carbonyl (C=O) groups is 1. The van der Waals surface area contributed by atoms with Crippen LogP contribution in [0.4, 0.5) is 10.1 Å². The van der Waals surface area contributed by atoms with Crippen molar-refractivity contribution in [1.82, 2.24) is 4.31 Å². The Morgan fingerprint density at radius 3 is 2.66 bits per heavy atom.